The zero-order valence-corrected chi connectivity index (χ0v) is 11.3. The molecule has 8 nitrogen and oxygen atoms in total. The zero-order valence-electron chi connectivity index (χ0n) is 11.3. The number of hydrogen-bond donors (Lipinski definition) is 2. The van der Waals surface area contributed by atoms with Gasteiger partial charge in [0.1, 0.15) is 11.6 Å². The van der Waals surface area contributed by atoms with Crippen molar-refractivity contribution in [2.24, 2.45) is 7.05 Å². The Kier molecular flexibility index (Phi) is 2.97. The van der Waals surface area contributed by atoms with Crippen molar-refractivity contribution in [1.82, 2.24) is 29.4 Å². The first-order chi connectivity index (χ1) is 9.63. The summed E-state index contributed by atoms with van der Waals surface area (Å²) in [7, 11) is 1.89. The normalized spacial score (nSPS) is 11.1. The van der Waals surface area contributed by atoms with Crippen molar-refractivity contribution < 1.29 is 0 Å². The van der Waals surface area contributed by atoms with Crippen molar-refractivity contribution in [3.05, 3.63) is 40.3 Å². The Morgan fingerprint density at radius 3 is 3.05 bits per heavy atom. The summed E-state index contributed by atoms with van der Waals surface area (Å²) < 4.78 is 3.21. The fourth-order valence-electron chi connectivity index (χ4n) is 2.10. The quantitative estimate of drug-likeness (QED) is 0.704. The third kappa shape index (κ3) is 2.27. The average Bonchev–Trinajstić information content (AvgIpc) is 2.97. The SMILES string of the molecule is Cc1nc(NCCc2ccn(C)n2)cc2n[nH]c(=O)n12. The monoisotopic (exact) mass is 273 g/mol. The Bertz CT molecular complexity index is 798. The molecule has 20 heavy (non-hydrogen) atoms. The van der Waals surface area contributed by atoms with Crippen molar-refractivity contribution in [3.8, 4) is 0 Å². The Labute approximate surface area is 114 Å². The molecule has 2 N–H and O–H groups in total. The molecule has 0 spiro atoms. The summed E-state index contributed by atoms with van der Waals surface area (Å²) in [6, 6.07) is 3.72. The predicted octanol–water partition coefficient (Wildman–Crippen LogP) is 0.114. The molecule has 104 valence electrons. The van der Waals surface area contributed by atoms with E-state index >= 15 is 0 Å². The van der Waals surface area contributed by atoms with Crippen LogP contribution >= 0.6 is 0 Å². The van der Waals surface area contributed by atoms with Crippen LogP contribution in [-0.4, -0.2) is 35.9 Å². The molecule has 0 saturated heterocycles. The van der Waals surface area contributed by atoms with Crippen LogP contribution in [0.2, 0.25) is 0 Å². The van der Waals surface area contributed by atoms with E-state index in [1.807, 2.05) is 19.3 Å². The fraction of sp³-hybridized carbons (Fsp3) is 0.333. The highest BCUT2D eigenvalue weighted by Gasteiger charge is 2.06. The van der Waals surface area contributed by atoms with Gasteiger partial charge in [-0.2, -0.15) is 10.2 Å². The van der Waals surface area contributed by atoms with Crippen molar-refractivity contribution in [1.29, 1.82) is 0 Å². The lowest BCUT2D eigenvalue weighted by atomic mass is 10.3. The number of rotatable bonds is 4. The van der Waals surface area contributed by atoms with E-state index in [2.05, 4.69) is 25.6 Å². The summed E-state index contributed by atoms with van der Waals surface area (Å²) >= 11 is 0. The summed E-state index contributed by atoms with van der Waals surface area (Å²) in [5.41, 5.74) is 1.31. The number of nitrogens with zero attached hydrogens (tertiary/aromatic N) is 5. The summed E-state index contributed by atoms with van der Waals surface area (Å²) in [6.07, 6.45) is 2.72. The lowest BCUT2D eigenvalue weighted by Crippen LogP contribution is -2.14. The first-order valence-electron chi connectivity index (χ1n) is 6.30. The maximum atomic E-state index is 11.5. The molecule has 3 aromatic rings. The Hall–Kier alpha value is -2.64. The molecule has 8 heteroatoms. The van der Waals surface area contributed by atoms with Crippen LogP contribution in [0.15, 0.2) is 23.1 Å². The fourth-order valence-corrected chi connectivity index (χ4v) is 2.10. The number of fused-ring (bicyclic) bond motifs is 1. The molecule has 0 fully saturated rings. The Morgan fingerprint density at radius 2 is 2.30 bits per heavy atom. The third-order valence-corrected chi connectivity index (χ3v) is 3.03. The number of nitrogens with one attached hydrogen (secondary N) is 2. The van der Waals surface area contributed by atoms with Gasteiger partial charge in [0.2, 0.25) is 0 Å². The molecule has 0 amide bonds. The van der Waals surface area contributed by atoms with Gasteiger partial charge in [-0.05, 0) is 13.0 Å². The smallest absolute Gasteiger partial charge is 0.349 e. The van der Waals surface area contributed by atoms with Gasteiger partial charge in [-0.1, -0.05) is 0 Å². The molecule has 3 aromatic heterocycles. The van der Waals surface area contributed by atoms with Gasteiger partial charge in [0.05, 0.1) is 5.69 Å². The van der Waals surface area contributed by atoms with Gasteiger partial charge < -0.3 is 5.32 Å². The highest BCUT2D eigenvalue weighted by Crippen LogP contribution is 2.08. The van der Waals surface area contributed by atoms with E-state index in [0.717, 1.165) is 12.1 Å². The van der Waals surface area contributed by atoms with Gasteiger partial charge in [0, 0.05) is 32.3 Å². The summed E-state index contributed by atoms with van der Waals surface area (Å²) in [5.74, 6) is 1.30. The Morgan fingerprint density at radius 1 is 1.45 bits per heavy atom. The minimum Gasteiger partial charge on any atom is -0.370 e. The first kappa shape index (κ1) is 12.4. The maximum Gasteiger partial charge on any atom is 0.349 e. The lowest BCUT2D eigenvalue weighted by Gasteiger charge is -2.06. The molecule has 0 bridgehead atoms. The lowest BCUT2D eigenvalue weighted by molar-refractivity contribution is 0.741. The van der Waals surface area contributed by atoms with Crippen molar-refractivity contribution in [3.63, 3.8) is 0 Å². The highest BCUT2D eigenvalue weighted by atomic mass is 16.1. The summed E-state index contributed by atoms with van der Waals surface area (Å²) in [5, 5.41) is 13.9. The molecule has 0 aliphatic heterocycles. The number of hydrogen-bond acceptors (Lipinski definition) is 5. The number of aromatic amines is 1. The molecule has 0 saturated carbocycles. The highest BCUT2D eigenvalue weighted by molar-refractivity contribution is 5.49. The van der Waals surface area contributed by atoms with Crippen molar-refractivity contribution >= 4 is 11.5 Å². The molecule has 3 rings (SSSR count). The van der Waals surface area contributed by atoms with Gasteiger partial charge in [0.25, 0.3) is 0 Å². The first-order valence-corrected chi connectivity index (χ1v) is 6.30. The number of anilines is 1. The second-order valence-electron chi connectivity index (χ2n) is 4.57. The van der Waals surface area contributed by atoms with Gasteiger partial charge in [0.15, 0.2) is 5.65 Å². The van der Waals surface area contributed by atoms with E-state index < -0.39 is 0 Å². The molecule has 3 heterocycles. The van der Waals surface area contributed by atoms with Crippen molar-refractivity contribution in [2.75, 3.05) is 11.9 Å². The molecule has 0 aliphatic carbocycles. The van der Waals surface area contributed by atoms with E-state index in [1.165, 1.54) is 4.40 Å². The third-order valence-electron chi connectivity index (χ3n) is 3.03. The van der Waals surface area contributed by atoms with Crippen LogP contribution in [0.1, 0.15) is 11.5 Å². The van der Waals surface area contributed by atoms with E-state index in [0.29, 0.717) is 23.8 Å². The van der Waals surface area contributed by atoms with Crippen LogP contribution in [0, 0.1) is 6.92 Å². The van der Waals surface area contributed by atoms with E-state index in [4.69, 9.17) is 0 Å². The molecule has 0 aliphatic rings. The zero-order chi connectivity index (χ0) is 14.1. The molecular weight excluding hydrogens is 258 g/mol. The molecule has 0 atom stereocenters. The molecule has 0 aromatic carbocycles. The summed E-state index contributed by atoms with van der Waals surface area (Å²) in [6.45, 7) is 2.49. The molecule has 0 unspecified atom stereocenters. The van der Waals surface area contributed by atoms with Gasteiger partial charge in [-0.3, -0.25) is 4.68 Å². The minimum atomic E-state index is -0.273. The largest absolute Gasteiger partial charge is 0.370 e. The van der Waals surface area contributed by atoms with E-state index in [-0.39, 0.29) is 5.69 Å². The second-order valence-corrected chi connectivity index (χ2v) is 4.57. The molecule has 0 radical (unpaired) electrons. The van der Waals surface area contributed by atoms with E-state index in [1.54, 1.807) is 17.7 Å². The van der Waals surface area contributed by atoms with Crippen LogP contribution in [0.5, 0.6) is 0 Å². The molecular formula is C12H15N7O. The van der Waals surface area contributed by atoms with Crippen LogP contribution in [-0.2, 0) is 13.5 Å². The summed E-state index contributed by atoms with van der Waals surface area (Å²) in [4.78, 5) is 15.8. The van der Waals surface area contributed by atoms with Crippen LogP contribution in [0.4, 0.5) is 5.82 Å². The van der Waals surface area contributed by atoms with Crippen LogP contribution < -0.4 is 11.0 Å². The number of aromatic nitrogens is 6. The van der Waals surface area contributed by atoms with Crippen molar-refractivity contribution in [2.45, 2.75) is 13.3 Å². The maximum absolute atomic E-state index is 11.5. The number of H-pyrrole nitrogens is 1. The predicted molar refractivity (Wildman–Crippen MR) is 73.7 cm³/mol. The van der Waals surface area contributed by atoms with Crippen LogP contribution in [0.3, 0.4) is 0 Å². The van der Waals surface area contributed by atoms with Crippen LogP contribution in [0.25, 0.3) is 5.65 Å². The topological polar surface area (TPSA) is 92.9 Å². The van der Waals surface area contributed by atoms with Gasteiger partial charge >= 0.3 is 5.69 Å². The average molecular weight is 273 g/mol. The standard InChI is InChI=1S/C12H15N7O/c1-8-14-10(7-11-15-16-12(20)19(8)11)13-5-3-9-4-6-18(2)17-9/h4,6-7,13H,3,5H2,1-2H3,(H,16,20). The number of aryl methyl sites for hydroxylation is 2. The Balaban J connectivity index is 1.73. The van der Waals surface area contributed by atoms with Gasteiger partial charge in [-0.15, -0.1) is 0 Å². The second kappa shape index (κ2) is 4.80. The minimum absolute atomic E-state index is 0.273. The van der Waals surface area contributed by atoms with E-state index in [9.17, 15) is 4.79 Å². The van der Waals surface area contributed by atoms with Gasteiger partial charge in [-0.25, -0.2) is 19.3 Å².